The number of hydrogen-bond acceptors (Lipinski definition) is 2. The number of ether oxygens (including phenoxy) is 1. The second-order valence-electron chi connectivity index (χ2n) is 4.11. The highest BCUT2D eigenvalue weighted by Gasteiger charge is 2.50. The Kier molecular flexibility index (Phi) is 2.57. The van der Waals surface area contributed by atoms with E-state index in [1.54, 1.807) is 12.1 Å². The standard InChI is InChI=1S/C13H8ClF2NO/c14-12-4-1-8(6-17-12)13(7-18-13)10-3-2-9(15)5-11(10)16/h1-6H,7H2. The number of hydrogen-bond donors (Lipinski definition) is 0. The van der Waals surface area contributed by atoms with Gasteiger partial charge in [-0.2, -0.15) is 0 Å². The van der Waals surface area contributed by atoms with Crippen molar-refractivity contribution in [1.29, 1.82) is 0 Å². The lowest BCUT2D eigenvalue weighted by Crippen LogP contribution is -2.13. The van der Waals surface area contributed by atoms with Crippen molar-refractivity contribution in [2.75, 3.05) is 6.61 Å². The van der Waals surface area contributed by atoms with E-state index in [2.05, 4.69) is 4.98 Å². The van der Waals surface area contributed by atoms with Gasteiger partial charge in [-0.05, 0) is 18.2 Å². The third-order valence-corrected chi connectivity index (χ3v) is 3.22. The van der Waals surface area contributed by atoms with Gasteiger partial charge in [-0.1, -0.05) is 17.7 Å². The fraction of sp³-hybridized carbons (Fsp3) is 0.154. The number of halogens is 3. The molecule has 2 nitrogen and oxygen atoms in total. The molecule has 2 aromatic rings. The molecule has 1 fully saturated rings. The van der Waals surface area contributed by atoms with Crippen LogP contribution in [0.1, 0.15) is 11.1 Å². The molecule has 1 aromatic carbocycles. The number of benzene rings is 1. The third kappa shape index (κ3) is 1.78. The zero-order chi connectivity index (χ0) is 12.8. The summed E-state index contributed by atoms with van der Waals surface area (Å²) in [4.78, 5) is 3.95. The predicted octanol–water partition coefficient (Wildman–Crippen LogP) is 3.29. The number of rotatable bonds is 2. The van der Waals surface area contributed by atoms with Crippen molar-refractivity contribution in [2.24, 2.45) is 0 Å². The Balaban J connectivity index is 2.07. The number of nitrogens with zero attached hydrogens (tertiary/aromatic N) is 1. The Labute approximate surface area is 107 Å². The molecule has 2 heterocycles. The molecule has 1 saturated heterocycles. The Bertz CT molecular complexity index is 596. The normalized spacial score (nSPS) is 21.9. The van der Waals surface area contributed by atoms with E-state index in [1.807, 2.05) is 0 Å². The lowest BCUT2D eigenvalue weighted by Gasteiger charge is -2.13. The largest absolute Gasteiger partial charge is 0.359 e. The van der Waals surface area contributed by atoms with Crippen molar-refractivity contribution in [3.63, 3.8) is 0 Å². The smallest absolute Gasteiger partial charge is 0.146 e. The molecular formula is C13H8ClF2NO. The van der Waals surface area contributed by atoms with Gasteiger partial charge in [0.25, 0.3) is 0 Å². The molecule has 18 heavy (non-hydrogen) atoms. The van der Waals surface area contributed by atoms with Gasteiger partial charge in [0, 0.05) is 23.4 Å². The van der Waals surface area contributed by atoms with Gasteiger partial charge in [-0.25, -0.2) is 13.8 Å². The quantitative estimate of drug-likeness (QED) is 0.616. The van der Waals surface area contributed by atoms with Crippen LogP contribution < -0.4 is 0 Å². The van der Waals surface area contributed by atoms with E-state index >= 15 is 0 Å². The summed E-state index contributed by atoms with van der Waals surface area (Å²) in [5.74, 6) is -1.23. The molecule has 92 valence electrons. The van der Waals surface area contributed by atoms with Crippen molar-refractivity contribution in [2.45, 2.75) is 5.60 Å². The highest BCUT2D eigenvalue weighted by Crippen LogP contribution is 2.45. The summed E-state index contributed by atoms with van der Waals surface area (Å²) in [7, 11) is 0. The van der Waals surface area contributed by atoms with Gasteiger partial charge in [0.05, 0.1) is 6.61 Å². The highest BCUT2D eigenvalue weighted by atomic mass is 35.5. The monoisotopic (exact) mass is 267 g/mol. The van der Waals surface area contributed by atoms with Crippen LogP contribution in [0, 0.1) is 11.6 Å². The number of epoxide rings is 1. The molecule has 1 aliphatic rings. The van der Waals surface area contributed by atoms with Crippen LogP contribution in [-0.2, 0) is 10.3 Å². The minimum Gasteiger partial charge on any atom is -0.359 e. The van der Waals surface area contributed by atoms with E-state index < -0.39 is 17.2 Å². The maximum absolute atomic E-state index is 13.8. The zero-order valence-corrected chi connectivity index (χ0v) is 9.92. The summed E-state index contributed by atoms with van der Waals surface area (Å²) in [5, 5.41) is 0.356. The van der Waals surface area contributed by atoms with Crippen LogP contribution in [0.2, 0.25) is 5.15 Å². The Morgan fingerprint density at radius 3 is 2.56 bits per heavy atom. The van der Waals surface area contributed by atoms with E-state index in [4.69, 9.17) is 16.3 Å². The van der Waals surface area contributed by atoms with Crippen molar-refractivity contribution in [1.82, 2.24) is 4.98 Å². The number of aromatic nitrogens is 1. The summed E-state index contributed by atoms with van der Waals surface area (Å²) >= 11 is 5.70. The van der Waals surface area contributed by atoms with E-state index in [0.29, 0.717) is 22.9 Å². The topological polar surface area (TPSA) is 25.4 Å². The Hall–Kier alpha value is -1.52. The van der Waals surface area contributed by atoms with E-state index in [-0.39, 0.29) is 0 Å². The number of pyridine rings is 1. The molecular weight excluding hydrogens is 260 g/mol. The van der Waals surface area contributed by atoms with Crippen LogP contribution in [-0.4, -0.2) is 11.6 Å². The summed E-state index contributed by atoms with van der Waals surface area (Å²) < 4.78 is 32.1. The van der Waals surface area contributed by atoms with Crippen molar-refractivity contribution < 1.29 is 13.5 Å². The first kappa shape index (κ1) is 11.6. The molecule has 0 amide bonds. The minimum atomic E-state index is -0.852. The molecule has 0 radical (unpaired) electrons. The van der Waals surface area contributed by atoms with Crippen LogP contribution in [0.4, 0.5) is 8.78 Å². The first-order chi connectivity index (χ1) is 8.62. The van der Waals surface area contributed by atoms with Gasteiger partial charge in [0.2, 0.25) is 0 Å². The lowest BCUT2D eigenvalue weighted by atomic mass is 9.92. The molecule has 1 aromatic heterocycles. The van der Waals surface area contributed by atoms with Gasteiger partial charge in [0.1, 0.15) is 22.4 Å². The second kappa shape index (κ2) is 4.00. The van der Waals surface area contributed by atoms with Crippen molar-refractivity contribution >= 4 is 11.6 Å². The summed E-state index contributed by atoms with van der Waals surface area (Å²) in [6.45, 7) is 0.346. The molecule has 5 heteroatoms. The van der Waals surface area contributed by atoms with Crippen LogP contribution in [0.5, 0.6) is 0 Å². The van der Waals surface area contributed by atoms with Gasteiger partial charge in [-0.15, -0.1) is 0 Å². The SMILES string of the molecule is Fc1ccc(C2(c3ccc(Cl)nc3)CO2)c(F)c1. The van der Waals surface area contributed by atoms with Gasteiger partial charge in [0.15, 0.2) is 0 Å². The van der Waals surface area contributed by atoms with E-state index in [1.165, 1.54) is 18.3 Å². The average Bonchev–Trinajstić information content (AvgIpc) is 3.11. The van der Waals surface area contributed by atoms with E-state index in [9.17, 15) is 8.78 Å². The summed E-state index contributed by atoms with van der Waals surface area (Å²) in [6.07, 6.45) is 1.54. The van der Waals surface area contributed by atoms with Crippen molar-refractivity contribution in [3.8, 4) is 0 Å². The van der Waals surface area contributed by atoms with Crippen molar-refractivity contribution in [3.05, 3.63) is 64.4 Å². The highest BCUT2D eigenvalue weighted by molar-refractivity contribution is 6.29. The molecule has 0 bridgehead atoms. The molecule has 3 rings (SSSR count). The van der Waals surface area contributed by atoms with E-state index in [0.717, 1.165) is 6.07 Å². The lowest BCUT2D eigenvalue weighted by molar-refractivity contribution is 0.340. The van der Waals surface area contributed by atoms with Gasteiger partial charge >= 0.3 is 0 Å². The third-order valence-electron chi connectivity index (χ3n) is 2.99. The zero-order valence-electron chi connectivity index (χ0n) is 9.16. The fourth-order valence-corrected chi connectivity index (χ4v) is 2.09. The van der Waals surface area contributed by atoms with Crippen LogP contribution >= 0.6 is 11.6 Å². The maximum Gasteiger partial charge on any atom is 0.146 e. The molecule has 0 saturated carbocycles. The van der Waals surface area contributed by atoms with Crippen LogP contribution in [0.3, 0.4) is 0 Å². The molecule has 0 N–H and O–H groups in total. The molecule has 0 spiro atoms. The fourth-order valence-electron chi connectivity index (χ4n) is 1.98. The first-order valence-corrected chi connectivity index (χ1v) is 5.71. The first-order valence-electron chi connectivity index (χ1n) is 5.33. The Morgan fingerprint density at radius 2 is 2.00 bits per heavy atom. The Morgan fingerprint density at radius 1 is 1.22 bits per heavy atom. The second-order valence-corrected chi connectivity index (χ2v) is 4.50. The molecule has 1 aliphatic heterocycles. The molecule has 1 atom stereocenters. The molecule has 1 unspecified atom stereocenters. The minimum absolute atomic E-state index is 0.313. The maximum atomic E-state index is 13.8. The summed E-state index contributed by atoms with van der Waals surface area (Å²) in [6, 6.07) is 6.80. The van der Waals surface area contributed by atoms with Gasteiger partial charge < -0.3 is 4.74 Å². The van der Waals surface area contributed by atoms with Crippen LogP contribution in [0.25, 0.3) is 0 Å². The predicted molar refractivity (Wildman–Crippen MR) is 62.3 cm³/mol. The average molecular weight is 268 g/mol. The van der Waals surface area contributed by atoms with Crippen LogP contribution in [0.15, 0.2) is 36.5 Å². The van der Waals surface area contributed by atoms with Gasteiger partial charge in [-0.3, -0.25) is 0 Å². The summed E-state index contributed by atoms with van der Waals surface area (Å²) in [5.41, 5.74) is 0.167. The molecule has 0 aliphatic carbocycles.